The van der Waals surface area contributed by atoms with Gasteiger partial charge in [-0.15, -0.1) is 0 Å². The van der Waals surface area contributed by atoms with Crippen LogP contribution >= 0.6 is 11.6 Å². The predicted octanol–water partition coefficient (Wildman–Crippen LogP) is 5.65. The molecule has 0 bridgehead atoms. The van der Waals surface area contributed by atoms with Crippen LogP contribution in [0.3, 0.4) is 0 Å². The van der Waals surface area contributed by atoms with E-state index in [2.05, 4.69) is 41.4 Å². The van der Waals surface area contributed by atoms with Crippen molar-refractivity contribution in [3.8, 4) is 11.5 Å². The quantitative estimate of drug-likeness (QED) is 0.466. The Bertz CT molecular complexity index is 1050. The molecule has 1 aromatic heterocycles. The molecule has 0 unspecified atom stereocenters. The van der Waals surface area contributed by atoms with E-state index in [0.29, 0.717) is 17.5 Å². The van der Waals surface area contributed by atoms with Gasteiger partial charge in [0, 0.05) is 29.7 Å². The summed E-state index contributed by atoms with van der Waals surface area (Å²) >= 11 is 5.99. The van der Waals surface area contributed by atoms with Gasteiger partial charge in [-0.3, -0.25) is 9.69 Å². The Hall–Kier alpha value is -2.63. The second-order valence-corrected chi connectivity index (χ2v) is 9.47. The minimum Gasteiger partial charge on any atom is -0.441 e. The monoisotopic (exact) mass is 465 g/mol. The summed E-state index contributed by atoms with van der Waals surface area (Å²) in [5, 5.41) is 3.92. The lowest BCUT2D eigenvalue weighted by Crippen LogP contribution is -2.45. The van der Waals surface area contributed by atoms with Gasteiger partial charge >= 0.3 is 0 Å². The summed E-state index contributed by atoms with van der Waals surface area (Å²) in [5.41, 5.74) is 3.15. The first-order valence-corrected chi connectivity index (χ1v) is 12.1. The molecule has 174 valence electrons. The van der Waals surface area contributed by atoms with Crippen molar-refractivity contribution in [1.82, 2.24) is 15.2 Å². The Labute approximate surface area is 201 Å². The van der Waals surface area contributed by atoms with Crippen LogP contribution in [0, 0.1) is 12.8 Å². The number of aromatic nitrogens is 1. The van der Waals surface area contributed by atoms with Crippen LogP contribution in [-0.4, -0.2) is 34.9 Å². The Morgan fingerprint density at radius 1 is 1.21 bits per heavy atom. The third kappa shape index (κ3) is 6.46. The summed E-state index contributed by atoms with van der Waals surface area (Å²) in [4.78, 5) is 20.0. The number of nitrogens with zero attached hydrogens (tertiary/aromatic N) is 2. The van der Waals surface area contributed by atoms with E-state index in [0.717, 1.165) is 55.8 Å². The Balaban J connectivity index is 1.30. The number of hydrogen-bond acceptors (Lipinski definition) is 4. The molecule has 3 aromatic rings. The second-order valence-electron chi connectivity index (χ2n) is 9.04. The molecule has 33 heavy (non-hydrogen) atoms. The highest BCUT2D eigenvalue weighted by atomic mass is 35.5. The van der Waals surface area contributed by atoms with E-state index >= 15 is 0 Å². The number of halogens is 1. The lowest BCUT2D eigenvalue weighted by Gasteiger charge is -2.32. The molecule has 0 radical (unpaired) electrons. The maximum atomic E-state index is 12.9. The molecular formula is C27H32ClN3O2. The molecule has 1 aliphatic heterocycles. The lowest BCUT2D eigenvalue weighted by molar-refractivity contribution is -0.127. The van der Waals surface area contributed by atoms with Crippen molar-refractivity contribution in [3.05, 3.63) is 76.6 Å². The molecule has 5 nitrogen and oxygen atoms in total. The van der Waals surface area contributed by atoms with Crippen molar-refractivity contribution in [3.63, 3.8) is 0 Å². The van der Waals surface area contributed by atoms with E-state index in [1.54, 1.807) is 0 Å². The third-order valence-corrected chi connectivity index (χ3v) is 6.58. The number of likely N-dealkylation sites (tertiary alicyclic amines) is 1. The molecule has 1 N–H and O–H groups in total. The summed E-state index contributed by atoms with van der Waals surface area (Å²) in [7, 11) is 0. The summed E-state index contributed by atoms with van der Waals surface area (Å²) < 4.78 is 5.91. The minimum absolute atomic E-state index is 0.0147. The number of hydrogen-bond donors (Lipinski definition) is 1. The molecule has 1 amide bonds. The molecular weight excluding hydrogens is 434 g/mol. The zero-order valence-corrected chi connectivity index (χ0v) is 20.1. The first-order chi connectivity index (χ1) is 16.0. The zero-order valence-electron chi connectivity index (χ0n) is 19.4. The van der Waals surface area contributed by atoms with Gasteiger partial charge in [0.15, 0.2) is 0 Å². The highest BCUT2D eigenvalue weighted by molar-refractivity contribution is 6.30. The third-order valence-electron chi connectivity index (χ3n) is 6.33. The molecule has 0 saturated carbocycles. The summed E-state index contributed by atoms with van der Waals surface area (Å²) in [6, 6.07) is 18.1. The van der Waals surface area contributed by atoms with Gasteiger partial charge in [-0.05, 0) is 75.9 Å². The predicted molar refractivity (Wildman–Crippen MR) is 132 cm³/mol. The number of nitrogens with one attached hydrogen (secondary N) is 1. The average molecular weight is 466 g/mol. The number of piperidine rings is 1. The minimum atomic E-state index is 0.0147. The second kappa shape index (κ2) is 11.0. The Morgan fingerprint density at radius 2 is 1.97 bits per heavy atom. The van der Waals surface area contributed by atoms with E-state index < -0.39 is 0 Å². The maximum Gasteiger partial charge on any atom is 0.226 e. The molecule has 1 aliphatic rings. The van der Waals surface area contributed by atoms with Gasteiger partial charge in [-0.25, -0.2) is 4.98 Å². The fraction of sp³-hybridized carbons (Fsp3) is 0.407. The summed E-state index contributed by atoms with van der Waals surface area (Å²) in [5.74, 6) is 1.61. The highest BCUT2D eigenvalue weighted by Crippen LogP contribution is 2.25. The van der Waals surface area contributed by atoms with E-state index in [4.69, 9.17) is 21.0 Å². The van der Waals surface area contributed by atoms with Crippen molar-refractivity contribution in [2.45, 2.75) is 52.1 Å². The SMILES string of the molecule is Cc1oc(-c2ccc(Cl)cc2)nc1CN1CCC[C@H](C(=O)N[C@H](C)CCc2ccccc2)C1. The van der Waals surface area contributed by atoms with E-state index in [1.807, 2.05) is 37.3 Å². The number of carbonyl (C=O) groups excluding carboxylic acids is 1. The zero-order chi connectivity index (χ0) is 23.2. The van der Waals surface area contributed by atoms with E-state index in [9.17, 15) is 4.79 Å². The molecule has 6 heteroatoms. The number of benzene rings is 2. The van der Waals surface area contributed by atoms with Crippen molar-refractivity contribution >= 4 is 17.5 Å². The van der Waals surface area contributed by atoms with Crippen LogP contribution < -0.4 is 5.32 Å². The normalized spacial score (nSPS) is 17.6. The average Bonchev–Trinajstić information content (AvgIpc) is 3.19. The fourth-order valence-electron chi connectivity index (χ4n) is 4.38. The molecule has 0 spiro atoms. The standard InChI is InChI=1S/C27H32ClN3O2/c1-19(10-11-21-7-4-3-5-8-21)29-26(32)23-9-6-16-31(17-23)18-25-20(2)33-27(30-25)22-12-14-24(28)15-13-22/h3-5,7-8,12-15,19,23H,6,9-11,16-18H2,1-2H3,(H,29,32)/t19-,23+/m1/s1. The largest absolute Gasteiger partial charge is 0.441 e. The van der Waals surface area contributed by atoms with Crippen molar-refractivity contribution in [2.24, 2.45) is 5.92 Å². The van der Waals surface area contributed by atoms with Gasteiger partial charge in [0.2, 0.25) is 11.8 Å². The number of rotatable bonds is 8. The molecule has 2 atom stereocenters. The van der Waals surface area contributed by atoms with Crippen molar-refractivity contribution in [2.75, 3.05) is 13.1 Å². The number of oxazole rings is 1. The number of carbonyl (C=O) groups is 1. The number of amides is 1. The van der Waals surface area contributed by atoms with Gasteiger partial charge in [0.25, 0.3) is 0 Å². The van der Waals surface area contributed by atoms with E-state index in [-0.39, 0.29) is 17.9 Å². The number of aryl methyl sites for hydroxylation is 2. The van der Waals surface area contributed by atoms with Crippen LogP contribution in [-0.2, 0) is 17.8 Å². The first-order valence-electron chi connectivity index (χ1n) is 11.8. The topological polar surface area (TPSA) is 58.4 Å². The molecule has 2 aromatic carbocycles. The lowest BCUT2D eigenvalue weighted by atomic mass is 9.96. The van der Waals surface area contributed by atoms with Gasteiger partial charge in [0.1, 0.15) is 5.76 Å². The fourth-order valence-corrected chi connectivity index (χ4v) is 4.50. The van der Waals surface area contributed by atoms with Crippen molar-refractivity contribution in [1.29, 1.82) is 0 Å². The van der Waals surface area contributed by atoms with E-state index in [1.165, 1.54) is 5.56 Å². The van der Waals surface area contributed by atoms with Crippen LogP contribution in [0.25, 0.3) is 11.5 Å². The molecule has 1 saturated heterocycles. The molecule has 1 fully saturated rings. The highest BCUT2D eigenvalue weighted by Gasteiger charge is 2.27. The summed E-state index contributed by atoms with van der Waals surface area (Å²) in [6.07, 6.45) is 3.86. The van der Waals surface area contributed by atoms with Crippen LogP contribution in [0.2, 0.25) is 5.02 Å². The van der Waals surface area contributed by atoms with Crippen LogP contribution in [0.5, 0.6) is 0 Å². The Kier molecular flexibility index (Phi) is 7.84. The van der Waals surface area contributed by atoms with Gasteiger partial charge in [-0.1, -0.05) is 41.9 Å². The van der Waals surface area contributed by atoms with Gasteiger partial charge in [0.05, 0.1) is 11.6 Å². The first kappa shape index (κ1) is 23.5. The van der Waals surface area contributed by atoms with Crippen LogP contribution in [0.15, 0.2) is 59.0 Å². The molecule has 0 aliphatic carbocycles. The molecule has 4 rings (SSSR count). The Morgan fingerprint density at radius 3 is 2.73 bits per heavy atom. The summed E-state index contributed by atoms with van der Waals surface area (Å²) in [6.45, 7) is 6.45. The molecule has 2 heterocycles. The maximum absolute atomic E-state index is 12.9. The van der Waals surface area contributed by atoms with Crippen molar-refractivity contribution < 1.29 is 9.21 Å². The smallest absolute Gasteiger partial charge is 0.226 e. The van der Waals surface area contributed by atoms with Gasteiger partial charge < -0.3 is 9.73 Å². The van der Waals surface area contributed by atoms with Gasteiger partial charge in [-0.2, -0.15) is 0 Å². The van der Waals surface area contributed by atoms with Crippen LogP contribution in [0.4, 0.5) is 0 Å². The van der Waals surface area contributed by atoms with Crippen LogP contribution in [0.1, 0.15) is 43.2 Å².